The second-order valence-electron chi connectivity index (χ2n) is 6.91. The molecule has 0 spiro atoms. The van der Waals surface area contributed by atoms with E-state index in [0.717, 1.165) is 12.8 Å². The molecule has 4 N–H and O–H groups in total. The number of phenols is 1. The molecule has 2 aromatic heterocycles. The number of carbonyl (C=O) groups is 1. The number of aromatic hydroxyl groups is 1. The number of nitrogen functional groups attached to an aromatic ring is 1. The quantitative estimate of drug-likeness (QED) is 0.338. The third kappa shape index (κ3) is 3.67. The first-order valence-corrected chi connectivity index (χ1v) is 9.76. The van der Waals surface area contributed by atoms with E-state index in [1.165, 1.54) is 4.68 Å². The number of anilines is 1. The number of fused-ring (bicyclic) bond motifs is 2. The van der Waals surface area contributed by atoms with Crippen LogP contribution >= 0.6 is 0 Å². The largest absolute Gasteiger partial charge is 0.508 e. The maximum absolute atomic E-state index is 12.9. The van der Waals surface area contributed by atoms with Crippen LogP contribution in [0.25, 0.3) is 22.2 Å². The van der Waals surface area contributed by atoms with E-state index in [2.05, 4.69) is 27.3 Å². The van der Waals surface area contributed by atoms with Gasteiger partial charge in [-0.15, -0.1) is 0 Å². The van der Waals surface area contributed by atoms with Crippen LogP contribution in [-0.2, 0) is 0 Å². The Bertz CT molecular complexity index is 1260. The minimum atomic E-state index is -0.304. The first-order valence-electron chi connectivity index (χ1n) is 9.76. The van der Waals surface area contributed by atoms with E-state index in [9.17, 15) is 9.90 Å². The van der Waals surface area contributed by atoms with Crippen LogP contribution in [-0.4, -0.2) is 38.4 Å². The Morgan fingerprint density at radius 3 is 2.70 bits per heavy atom. The van der Waals surface area contributed by atoms with Gasteiger partial charge in [-0.1, -0.05) is 37.6 Å². The molecule has 0 radical (unpaired) electrons. The minimum absolute atomic E-state index is 0.131. The molecule has 2 aromatic carbocycles. The summed E-state index contributed by atoms with van der Waals surface area (Å²) < 4.78 is 1.41. The highest BCUT2D eigenvalue weighted by molar-refractivity contribution is 6.10. The van der Waals surface area contributed by atoms with Crippen molar-refractivity contribution < 1.29 is 9.90 Å². The summed E-state index contributed by atoms with van der Waals surface area (Å²) in [7, 11) is 0. The number of hydrogen-bond acceptors (Lipinski definition) is 6. The van der Waals surface area contributed by atoms with Gasteiger partial charge in [0.1, 0.15) is 22.6 Å². The second-order valence-corrected chi connectivity index (χ2v) is 6.91. The topological polar surface area (TPSA) is 118 Å². The van der Waals surface area contributed by atoms with E-state index < -0.39 is 0 Å². The molecule has 0 fully saturated rings. The lowest BCUT2D eigenvalue weighted by atomic mass is 10.2. The Kier molecular flexibility index (Phi) is 5.30. The van der Waals surface area contributed by atoms with Crippen molar-refractivity contribution in [2.45, 2.75) is 19.8 Å². The summed E-state index contributed by atoms with van der Waals surface area (Å²) in [6.45, 7) is 2.61. The number of nitrogens with zero attached hydrogens (tertiary/aromatic N) is 4. The maximum atomic E-state index is 12.9. The fourth-order valence-corrected chi connectivity index (χ4v) is 3.18. The zero-order valence-corrected chi connectivity index (χ0v) is 16.5. The fourth-order valence-electron chi connectivity index (χ4n) is 3.18. The molecule has 0 aliphatic heterocycles. The zero-order chi connectivity index (χ0) is 21.1. The molecule has 4 aromatic rings. The summed E-state index contributed by atoms with van der Waals surface area (Å²) in [5, 5.41) is 17.0. The molecular formula is C22H22N6O2. The highest BCUT2D eigenvalue weighted by Crippen LogP contribution is 2.27. The number of nitrogens with two attached hydrogens (primary N) is 1. The average Bonchev–Trinajstić information content (AvgIpc) is 3.01. The van der Waals surface area contributed by atoms with Gasteiger partial charge < -0.3 is 16.2 Å². The van der Waals surface area contributed by atoms with Gasteiger partial charge in [0.15, 0.2) is 5.65 Å². The summed E-state index contributed by atoms with van der Waals surface area (Å²) in [5.74, 6) is -0.0152. The predicted molar refractivity (Wildman–Crippen MR) is 118 cm³/mol. The van der Waals surface area contributed by atoms with Crippen LogP contribution in [0, 0.1) is 0 Å². The number of nitrogens with one attached hydrogen (secondary N) is 1. The Balaban J connectivity index is 1.86. The first-order chi connectivity index (χ1) is 14.6. The van der Waals surface area contributed by atoms with Gasteiger partial charge in [-0.25, -0.2) is 9.97 Å². The number of carbonyl (C=O) groups excluding carboxylic acids is 1. The Labute approximate surface area is 173 Å². The average molecular weight is 402 g/mol. The molecule has 8 heteroatoms. The van der Waals surface area contributed by atoms with E-state index in [4.69, 9.17) is 5.73 Å². The van der Waals surface area contributed by atoms with Gasteiger partial charge in [0.05, 0.1) is 17.2 Å². The first kappa shape index (κ1) is 19.4. The van der Waals surface area contributed by atoms with Crippen molar-refractivity contribution in [2.75, 3.05) is 12.3 Å². The van der Waals surface area contributed by atoms with Crippen LogP contribution in [0.5, 0.6) is 5.75 Å². The van der Waals surface area contributed by atoms with Crippen LogP contribution in [0.1, 0.15) is 35.7 Å². The summed E-state index contributed by atoms with van der Waals surface area (Å²) in [4.78, 5) is 22.2. The highest BCUT2D eigenvalue weighted by atomic mass is 16.3. The molecule has 0 atom stereocenters. The SMILES string of the molecule is CCCCNC(=O)c1c(N)n(/N=C\c2cccc(O)c2)c2nc3ccccc3nc12. The molecule has 152 valence electrons. The van der Waals surface area contributed by atoms with Gasteiger partial charge in [-0.2, -0.15) is 9.78 Å². The molecule has 0 bridgehead atoms. The lowest BCUT2D eigenvalue weighted by Crippen LogP contribution is -2.25. The van der Waals surface area contributed by atoms with Crippen LogP contribution in [0.15, 0.2) is 53.6 Å². The normalized spacial score (nSPS) is 11.5. The van der Waals surface area contributed by atoms with Crippen LogP contribution < -0.4 is 11.1 Å². The number of amides is 1. The number of rotatable bonds is 6. The van der Waals surface area contributed by atoms with Crippen LogP contribution in [0.4, 0.5) is 5.82 Å². The molecular weight excluding hydrogens is 380 g/mol. The number of hydrogen-bond donors (Lipinski definition) is 3. The van der Waals surface area contributed by atoms with E-state index in [0.29, 0.717) is 34.3 Å². The number of phenolic OH excluding ortho intramolecular Hbond substituents is 1. The molecule has 0 saturated carbocycles. The van der Waals surface area contributed by atoms with Crippen molar-refractivity contribution >= 4 is 40.1 Å². The summed E-state index contributed by atoms with van der Waals surface area (Å²) >= 11 is 0. The van der Waals surface area contributed by atoms with Crippen molar-refractivity contribution in [1.29, 1.82) is 0 Å². The predicted octanol–water partition coefficient (Wildman–Crippen LogP) is 3.28. The lowest BCUT2D eigenvalue weighted by Gasteiger charge is -2.04. The molecule has 0 saturated heterocycles. The Hall–Kier alpha value is -3.94. The van der Waals surface area contributed by atoms with E-state index in [-0.39, 0.29) is 23.0 Å². The van der Waals surface area contributed by atoms with Crippen LogP contribution in [0.3, 0.4) is 0 Å². The number of aromatic nitrogens is 3. The van der Waals surface area contributed by atoms with Gasteiger partial charge in [-0.05, 0) is 36.2 Å². The van der Waals surface area contributed by atoms with Crippen molar-refractivity contribution in [3.63, 3.8) is 0 Å². The zero-order valence-electron chi connectivity index (χ0n) is 16.5. The summed E-state index contributed by atoms with van der Waals surface area (Å²) in [5.41, 5.74) is 9.41. The smallest absolute Gasteiger partial charge is 0.257 e. The monoisotopic (exact) mass is 402 g/mol. The molecule has 2 heterocycles. The molecule has 8 nitrogen and oxygen atoms in total. The minimum Gasteiger partial charge on any atom is -0.508 e. The third-order valence-electron chi connectivity index (χ3n) is 4.71. The number of para-hydroxylation sites is 2. The Morgan fingerprint density at radius 2 is 1.97 bits per heavy atom. The molecule has 30 heavy (non-hydrogen) atoms. The van der Waals surface area contributed by atoms with Crippen molar-refractivity contribution in [2.24, 2.45) is 5.10 Å². The number of benzene rings is 2. The van der Waals surface area contributed by atoms with Crippen molar-refractivity contribution in [3.05, 3.63) is 59.7 Å². The van der Waals surface area contributed by atoms with Gasteiger partial charge in [0.25, 0.3) is 5.91 Å². The maximum Gasteiger partial charge on any atom is 0.257 e. The van der Waals surface area contributed by atoms with E-state index >= 15 is 0 Å². The van der Waals surface area contributed by atoms with Crippen LogP contribution in [0.2, 0.25) is 0 Å². The van der Waals surface area contributed by atoms with Gasteiger partial charge in [0, 0.05) is 6.54 Å². The molecule has 4 rings (SSSR count). The van der Waals surface area contributed by atoms with Gasteiger partial charge in [-0.3, -0.25) is 4.79 Å². The molecule has 1 amide bonds. The van der Waals surface area contributed by atoms with Gasteiger partial charge in [0.2, 0.25) is 0 Å². The standard InChI is InChI=1S/C22H22N6O2/c1-2-3-11-24-22(30)18-19-21(27-17-10-5-4-9-16(17)26-19)28(20(18)23)25-13-14-7-6-8-15(29)12-14/h4-10,12-13,29H,2-3,11,23H2,1H3,(H,24,30)/b25-13-. The fraction of sp³-hybridized carbons (Fsp3) is 0.182. The lowest BCUT2D eigenvalue weighted by molar-refractivity contribution is 0.0955. The van der Waals surface area contributed by atoms with Crippen molar-refractivity contribution in [3.8, 4) is 5.75 Å². The van der Waals surface area contributed by atoms with Gasteiger partial charge >= 0.3 is 0 Å². The summed E-state index contributed by atoms with van der Waals surface area (Å²) in [6, 6.07) is 14.1. The third-order valence-corrected chi connectivity index (χ3v) is 4.71. The van der Waals surface area contributed by atoms with E-state index in [1.54, 1.807) is 30.5 Å². The highest BCUT2D eigenvalue weighted by Gasteiger charge is 2.23. The Morgan fingerprint density at radius 1 is 1.20 bits per heavy atom. The van der Waals surface area contributed by atoms with Crippen molar-refractivity contribution in [1.82, 2.24) is 20.0 Å². The van der Waals surface area contributed by atoms with E-state index in [1.807, 2.05) is 24.3 Å². The number of unbranched alkanes of at least 4 members (excludes halogenated alkanes) is 1. The second kappa shape index (κ2) is 8.20. The summed E-state index contributed by atoms with van der Waals surface area (Å²) in [6.07, 6.45) is 3.38. The molecule has 0 aliphatic carbocycles. The molecule has 0 unspecified atom stereocenters. The molecule has 0 aliphatic rings.